The van der Waals surface area contributed by atoms with Crippen LogP contribution in [0.4, 0.5) is 0 Å². The summed E-state index contributed by atoms with van der Waals surface area (Å²) in [7, 11) is 1.46. The van der Waals surface area contributed by atoms with Gasteiger partial charge in [0.25, 0.3) is 0 Å². The fourth-order valence-electron chi connectivity index (χ4n) is 2.19. The Balaban J connectivity index is 2.58. The van der Waals surface area contributed by atoms with Crippen molar-refractivity contribution >= 4 is 17.7 Å². The quantitative estimate of drug-likeness (QED) is 0.601. The van der Waals surface area contributed by atoms with Gasteiger partial charge in [-0.1, -0.05) is 6.92 Å². The Morgan fingerprint density at radius 3 is 2.27 bits per heavy atom. The third-order valence-corrected chi connectivity index (χ3v) is 3.87. The highest BCUT2D eigenvalue weighted by Gasteiger charge is 2.42. The normalized spacial score (nSPS) is 36.3. The molecule has 1 fully saturated rings. The minimum atomic E-state index is -0.291. The van der Waals surface area contributed by atoms with Crippen LogP contribution in [0.25, 0.3) is 0 Å². The number of methoxy groups -OCH3 is 1. The van der Waals surface area contributed by atoms with Crippen molar-refractivity contribution in [3.05, 3.63) is 0 Å². The number of ether oxygens (including phenoxy) is 1. The van der Waals surface area contributed by atoms with Crippen LogP contribution in [0.5, 0.6) is 0 Å². The molecule has 0 amide bonds. The van der Waals surface area contributed by atoms with Gasteiger partial charge in [-0.2, -0.15) is 0 Å². The zero-order chi connectivity index (χ0) is 11.5. The van der Waals surface area contributed by atoms with E-state index in [1.807, 2.05) is 6.92 Å². The van der Waals surface area contributed by atoms with Crippen LogP contribution in [0.3, 0.4) is 0 Å². The summed E-state index contributed by atoms with van der Waals surface area (Å²) in [5.74, 6) is -0.0802. The molecule has 0 heterocycles. The van der Waals surface area contributed by atoms with Crippen molar-refractivity contribution in [1.29, 1.82) is 0 Å². The lowest BCUT2D eigenvalue weighted by atomic mass is 9.65. The molecule has 1 rings (SSSR count). The molecule has 0 saturated heterocycles. The largest absolute Gasteiger partial charge is 0.469 e. The smallest absolute Gasteiger partial charge is 0.311 e. The Bertz CT molecular complexity index is 235. The molecule has 3 nitrogen and oxygen atoms in total. The van der Waals surface area contributed by atoms with Crippen LogP contribution in [-0.4, -0.2) is 19.6 Å². The van der Waals surface area contributed by atoms with Crippen LogP contribution in [0.1, 0.15) is 39.5 Å². The number of hydrogen-bond donors (Lipinski definition) is 1. The SMILES string of the molecule is COC(=O)C1(C)CCC(C)(CNCl)CC1. The maximum Gasteiger partial charge on any atom is 0.311 e. The van der Waals surface area contributed by atoms with Gasteiger partial charge in [0, 0.05) is 6.54 Å². The summed E-state index contributed by atoms with van der Waals surface area (Å²) >= 11 is 5.54. The molecule has 1 aliphatic rings. The lowest BCUT2D eigenvalue weighted by Crippen LogP contribution is -2.40. The van der Waals surface area contributed by atoms with E-state index >= 15 is 0 Å². The zero-order valence-corrected chi connectivity index (χ0v) is 10.5. The number of nitrogens with one attached hydrogen (secondary N) is 1. The lowest BCUT2D eigenvalue weighted by Gasteiger charge is -2.41. The summed E-state index contributed by atoms with van der Waals surface area (Å²) in [6, 6.07) is 0. The summed E-state index contributed by atoms with van der Waals surface area (Å²) in [6.45, 7) is 5.00. The molecule has 1 N–H and O–H groups in total. The molecule has 0 aromatic carbocycles. The van der Waals surface area contributed by atoms with Crippen LogP contribution >= 0.6 is 11.8 Å². The summed E-state index contributed by atoms with van der Waals surface area (Å²) in [5.41, 5.74) is -0.0736. The second-order valence-electron chi connectivity index (χ2n) is 5.17. The first-order valence-corrected chi connectivity index (χ1v) is 5.75. The van der Waals surface area contributed by atoms with Gasteiger partial charge in [-0.15, -0.1) is 0 Å². The zero-order valence-electron chi connectivity index (χ0n) is 9.73. The van der Waals surface area contributed by atoms with E-state index in [0.717, 1.165) is 32.2 Å². The van der Waals surface area contributed by atoms with E-state index < -0.39 is 0 Å². The first-order valence-electron chi connectivity index (χ1n) is 5.38. The number of carbonyl (C=O) groups is 1. The van der Waals surface area contributed by atoms with Crippen molar-refractivity contribution in [2.75, 3.05) is 13.7 Å². The first-order chi connectivity index (χ1) is 6.96. The Kier molecular flexibility index (Phi) is 4.01. The third-order valence-electron chi connectivity index (χ3n) is 3.73. The summed E-state index contributed by atoms with van der Waals surface area (Å²) in [4.78, 5) is 14.3. The van der Waals surface area contributed by atoms with E-state index in [1.165, 1.54) is 7.11 Å². The fraction of sp³-hybridized carbons (Fsp3) is 0.909. The maximum absolute atomic E-state index is 11.6. The van der Waals surface area contributed by atoms with Gasteiger partial charge in [0.1, 0.15) is 0 Å². The van der Waals surface area contributed by atoms with Crippen molar-refractivity contribution in [2.24, 2.45) is 10.8 Å². The van der Waals surface area contributed by atoms with Gasteiger partial charge in [0.15, 0.2) is 0 Å². The second kappa shape index (κ2) is 4.71. The number of carbonyl (C=O) groups excluding carboxylic acids is 1. The highest BCUT2D eigenvalue weighted by Crippen LogP contribution is 2.45. The Hall–Kier alpha value is -0.280. The third kappa shape index (κ3) is 2.85. The molecule has 0 spiro atoms. The average Bonchev–Trinajstić information content (AvgIpc) is 2.22. The molecule has 15 heavy (non-hydrogen) atoms. The van der Waals surface area contributed by atoms with Crippen molar-refractivity contribution in [1.82, 2.24) is 4.84 Å². The van der Waals surface area contributed by atoms with E-state index in [0.29, 0.717) is 0 Å². The van der Waals surface area contributed by atoms with Gasteiger partial charge in [0.05, 0.1) is 12.5 Å². The molecule has 0 bridgehead atoms. The van der Waals surface area contributed by atoms with Gasteiger partial charge >= 0.3 is 5.97 Å². The predicted molar refractivity (Wildman–Crippen MR) is 60.6 cm³/mol. The average molecular weight is 234 g/mol. The van der Waals surface area contributed by atoms with Crippen LogP contribution in [-0.2, 0) is 9.53 Å². The van der Waals surface area contributed by atoms with E-state index in [9.17, 15) is 4.79 Å². The minimum absolute atomic E-state index is 0.0802. The molecule has 1 saturated carbocycles. The predicted octanol–water partition coefficient (Wildman–Crippen LogP) is 2.49. The molecule has 0 aromatic heterocycles. The van der Waals surface area contributed by atoms with Gasteiger partial charge in [-0.25, -0.2) is 4.84 Å². The molecular weight excluding hydrogens is 214 g/mol. The molecule has 0 unspecified atom stereocenters. The lowest BCUT2D eigenvalue weighted by molar-refractivity contribution is -0.155. The van der Waals surface area contributed by atoms with Crippen molar-refractivity contribution in [2.45, 2.75) is 39.5 Å². The topological polar surface area (TPSA) is 38.3 Å². The number of halogens is 1. The summed E-state index contributed by atoms with van der Waals surface area (Å²) in [5, 5.41) is 0. The van der Waals surface area contributed by atoms with E-state index in [4.69, 9.17) is 16.5 Å². The van der Waals surface area contributed by atoms with Crippen LogP contribution in [0, 0.1) is 10.8 Å². The molecule has 1 aliphatic carbocycles. The summed E-state index contributed by atoms with van der Waals surface area (Å²) in [6.07, 6.45) is 3.79. The van der Waals surface area contributed by atoms with Crippen molar-refractivity contribution < 1.29 is 9.53 Å². The Labute approximate surface area is 96.6 Å². The highest BCUT2D eigenvalue weighted by molar-refractivity contribution is 6.13. The van der Waals surface area contributed by atoms with E-state index in [2.05, 4.69) is 11.8 Å². The van der Waals surface area contributed by atoms with Crippen molar-refractivity contribution in [3.63, 3.8) is 0 Å². The molecule has 0 aromatic rings. The van der Waals surface area contributed by atoms with Gasteiger partial charge in [-0.05, 0) is 49.8 Å². The van der Waals surface area contributed by atoms with E-state index in [-0.39, 0.29) is 16.8 Å². The Morgan fingerprint density at radius 2 is 1.87 bits per heavy atom. The minimum Gasteiger partial charge on any atom is -0.469 e. The summed E-state index contributed by atoms with van der Waals surface area (Å²) < 4.78 is 4.84. The van der Waals surface area contributed by atoms with Gasteiger partial charge in [0.2, 0.25) is 0 Å². The highest BCUT2D eigenvalue weighted by atomic mass is 35.5. The molecule has 0 radical (unpaired) electrons. The second-order valence-corrected chi connectivity index (χ2v) is 5.44. The fourth-order valence-corrected chi connectivity index (χ4v) is 2.52. The van der Waals surface area contributed by atoms with E-state index in [1.54, 1.807) is 0 Å². The number of esters is 1. The molecule has 4 heteroatoms. The maximum atomic E-state index is 11.6. The van der Waals surface area contributed by atoms with Gasteiger partial charge < -0.3 is 4.74 Å². The van der Waals surface area contributed by atoms with Crippen molar-refractivity contribution in [3.8, 4) is 0 Å². The van der Waals surface area contributed by atoms with Crippen LogP contribution in [0.2, 0.25) is 0 Å². The van der Waals surface area contributed by atoms with Crippen LogP contribution < -0.4 is 4.84 Å². The van der Waals surface area contributed by atoms with Gasteiger partial charge in [-0.3, -0.25) is 4.79 Å². The first kappa shape index (κ1) is 12.8. The number of rotatable bonds is 3. The standard InChI is InChI=1S/C11H20ClNO2/c1-10(8-13-12)4-6-11(2,7-5-10)9(14)15-3/h13H,4-8H2,1-3H3. The molecular formula is C11H20ClNO2. The van der Waals surface area contributed by atoms with Crippen LogP contribution in [0.15, 0.2) is 0 Å². The molecule has 88 valence electrons. The monoisotopic (exact) mass is 233 g/mol. The number of hydrogen-bond acceptors (Lipinski definition) is 3. The molecule has 0 aliphatic heterocycles. The Morgan fingerprint density at radius 1 is 1.33 bits per heavy atom. The molecule has 0 atom stereocenters.